The molecule has 0 saturated carbocycles. The van der Waals surface area contributed by atoms with Gasteiger partial charge in [0.05, 0.1) is 12.1 Å². The number of carbonyl (C=O) groups is 1. The number of hydrogen-bond acceptors (Lipinski definition) is 8. The normalized spacial score (nSPS) is 38.6. The lowest BCUT2D eigenvalue weighted by Gasteiger charge is -2.38. The Kier molecular flexibility index (Phi) is 4.01. The monoisotopic (exact) mass is 425 g/mol. The number of hydrogen-bond donors (Lipinski definition) is 0. The number of ether oxygens (including phenoxy) is 5. The summed E-state index contributed by atoms with van der Waals surface area (Å²) in [7, 11) is -3.96. The number of rotatable bonds is 2. The third-order valence-electron chi connectivity index (χ3n) is 5.51. The Morgan fingerprint density at radius 3 is 2.28 bits per heavy atom. The zero-order valence-corrected chi connectivity index (χ0v) is 17.3. The van der Waals surface area contributed by atoms with Crippen molar-refractivity contribution in [3.05, 3.63) is 29.8 Å². The molecule has 1 amide bonds. The van der Waals surface area contributed by atoms with Crippen LogP contribution in [0.5, 0.6) is 0 Å². The second-order valence-electron chi connectivity index (χ2n) is 8.55. The van der Waals surface area contributed by atoms with E-state index in [0.717, 1.165) is 4.31 Å². The van der Waals surface area contributed by atoms with Gasteiger partial charge in [-0.3, -0.25) is 4.79 Å². The summed E-state index contributed by atoms with van der Waals surface area (Å²) >= 11 is 0. The van der Waals surface area contributed by atoms with Gasteiger partial charge >= 0.3 is 0 Å². The van der Waals surface area contributed by atoms with Crippen molar-refractivity contribution in [2.45, 2.75) is 74.9 Å². The molecule has 4 heterocycles. The Morgan fingerprint density at radius 2 is 1.55 bits per heavy atom. The lowest BCUT2D eigenvalue weighted by Crippen LogP contribution is -2.58. The van der Waals surface area contributed by atoms with Crippen LogP contribution in [0.2, 0.25) is 0 Å². The molecule has 3 fully saturated rings. The minimum Gasteiger partial charge on any atom is -0.342 e. The van der Waals surface area contributed by atoms with Crippen LogP contribution in [0.25, 0.3) is 0 Å². The Morgan fingerprint density at radius 1 is 0.931 bits per heavy atom. The lowest BCUT2D eigenvalue weighted by atomic mass is 9.99. The zero-order chi connectivity index (χ0) is 20.8. The third-order valence-corrected chi connectivity index (χ3v) is 7.32. The van der Waals surface area contributed by atoms with E-state index in [2.05, 4.69) is 0 Å². The SMILES string of the molecule is CC1(C)O[C@H]2[C@@H](O1)[C@@H](CN1C(=O)c3ccccc3S1(=O)=O)O[C@@H]1OC(C)(C)O[C@@H]12. The van der Waals surface area contributed by atoms with Crippen molar-refractivity contribution < 1.29 is 36.9 Å². The first-order chi connectivity index (χ1) is 13.5. The lowest BCUT2D eigenvalue weighted by molar-refractivity contribution is -0.233. The minimum absolute atomic E-state index is 0.000684. The van der Waals surface area contributed by atoms with Crippen molar-refractivity contribution in [3.8, 4) is 0 Å². The van der Waals surface area contributed by atoms with Crippen molar-refractivity contribution >= 4 is 15.9 Å². The molecule has 5 atom stereocenters. The zero-order valence-electron chi connectivity index (χ0n) is 16.5. The first-order valence-electron chi connectivity index (χ1n) is 9.51. The molecule has 9 nitrogen and oxygen atoms in total. The molecule has 0 spiro atoms. The van der Waals surface area contributed by atoms with Crippen molar-refractivity contribution in [2.24, 2.45) is 0 Å². The van der Waals surface area contributed by atoms with Gasteiger partial charge in [0.1, 0.15) is 29.3 Å². The van der Waals surface area contributed by atoms with Crippen molar-refractivity contribution in [1.29, 1.82) is 0 Å². The molecular weight excluding hydrogens is 402 g/mol. The highest BCUT2D eigenvalue weighted by Gasteiger charge is 2.61. The highest BCUT2D eigenvalue weighted by Crippen LogP contribution is 2.44. The van der Waals surface area contributed by atoms with Crippen LogP contribution in [0, 0.1) is 0 Å². The maximum absolute atomic E-state index is 12.9. The molecular formula is C19H23NO8S. The summed E-state index contributed by atoms with van der Waals surface area (Å²) in [5.74, 6) is -2.36. The second-order valence-corrected chi connectivity index (χ2v) is 10.4. The summed E-state index contributed by atoms with van der Waals surface area (Å²) in [5, 5.41) is 0. The van der Waals surface area contributed by atoms with Crippen molar-refractivity contribution in [3.63, 3.8) is 0 Å². The molecule has 0 N–H and O–H groups in total. The maximum Gasteiger partial charge on any atom is 0.269 e. The molecule has 0 unspecified atom stereocenters. The first-order valence-corrected chi connectivity index (χ1v) is 11.0. The second kappa shape index (κ2) is 5.99. The highest BCUT2D eigenvalue weighted by atomic mass is 32.2. The smallest absolute Gasteiger partial charge is 0.269 e. The van der Waals surface area contributed by atoms with E-state index in [1.807, 2.05) is 0 Å². The number of benzene rings is 1. The Bertz CT molecular complexity index is 974. The Hall–Kier alpha value is -1.56. The van der Waals surface area contributed by atoms with Crippen LogP contribution in [0.15, 0.2) is 29.2 Å². The number of fused-ring (bicyclic) bond motifs is 4. The number of nitrogens with zero attached hydrogens (tertiary/aromatic N) is 1. The van der Waals surface area contributed by atoms with Crippen molar-refractivity contribution in [1.82, 2.24) is 4.31 Å². The molecule has 4 aliphatic rings. The summed E-state index contributed by atoms with van der Waals surface area (Å²) in [4.78, 5) is 12.8. The molecule has 0 radical (unpaired) electrons. The summed E-state index contributed by atoms with van der Waals surface area (Å²) in [5.41, 5.74) is 0.156. The molecule has 0 bridgehead atoms. The van der Waals surface area contributed by atoms with E-state index >= 15 is 0 Å². The van der Waals surface area contributed by atoms with E-state index in [4.69, 9.17) is 23.7 Å². The molecule has 29 heavy (non-hydrogen) atoms. The van der Waals surface area contributed by atoms with Gasteiger partial charge in [0, 0.05) is 0 Å². The highest BCUT2D eigenvalue weighted by molar-refractivity contribution is 7.90. The molecule has 4 aliphatic heterocycles. The van der Waals surface area contributed by atoms with Gasteiger partial charge in [0.25, 0.3) is 15.9 Å². The quantitative estimate of drug-likeness (QED) is 0.697. The average Bonchev–Trinajstić information content (AvgIpc) is 3.18. The maximum atomic E-state index is 12.9. The van der Waals surface area contributed by atoms with Gasteiger partial charge in [-0.2, -0.15) is 0 Å². The van der Waals surface area contributed by atoms with Gasteiger partial charge in [-0.05, 0) is 39.8 Å². The largest absolute Gasteiger partial charge is 0.342 e. The fourth-order valence-corrected chi connectivity index (χ4v) is 6.00. The fourth-order valence-electron chi connectivity index (χ4n) is 4.42. The molecule has 3 saturated heterocycles. The predicted octanol–water partition coefficient (Wildman–Crippen LogP) is 1.23. The van der Waals surface area contributed by atoms with Gasteiger partial charge in [-0.1, -0.05) is 12.1 Å². The van der Waals surface area contributed by atoms with E-state index in [9.17, 15) is 13.2 Å². The van der Waals surface area contributed by atoms with Crippen LogP contribution < -0.4 is 0 Å². The van der Waals surface area contributed by atoms with Crippen LogP contribution in [-0.4, -0.2) is 67.5 Å². The molecule has 1 aromatic rings. The van der Waals surface area contributed by atoms with Crippen molar-refractivity contribution in [2.75, 3.05) is 6.54 Å². The van der Waals surface area contributed by atoms with Gasteiger partial charge in [-0.25, -0.2) is 12.7 Å². The fraction of sp³-hybridized carbons (Fsp3) is 0.632. The minimum atomic E-state index is -3.96. The summed E-state index contributed by atoms with van der Waals surface area (Å²) < 4.78 is 56.6. The van der Waals surface area contributed by atoms with E-state index in [0.29, 0.717) is 0 Å². The summed E-state index contributed by atoms with van der Waals surface area (Å²) in [6, 6.07) is 6.16. The standard InChI is InChI=1S/C19H23NO8S/c1-18(2)25-13-11(24-17-15(14(13)26-18)27-19(3,4)28-17)9-20-16(21)10-7-5-6-8-12(10)29(20,22)23/h5-8,11,13-15,17H,9H2,1-4H3/t11-,13+,14+,15-,17-/m1/s1. The van der Waals surface area contributed by atoms with Gasteiger partial charge in [-0.15, -0.1) is 0 Å². The van der Waals surface area contributed by atoms with Crippen LogP contribution in [0.1, 0.15) is 38.1 Å². The van der Waals surface area contributed by atoms with Crippen LogP contribution in [0.3, 0.4) is 0 Å². The van der Waals surface area contributed by atoms with E-state index < -0.39 is 58.2 Å². The topological polar surface area (TPSA) is 101 Å². The Balaban J connectivity index is 1.46. The average molecular weight is 425 g/mol. The Labute approximate surface area is 168 Å². The third kappa shape index (κ3) is 2.93. The van der Waals surface area contributed by atoms with Crippen LogP contribution in [0.4, 0.5) is 0 Å². The molecule has 0 aromatic heterocycles. The molecule has 5 rings (SSSR count). The molecule has 1 aromatic carbocycles. The van der Waals surface area contributed by atoms with Gasteiger partial charge in [0.2, 0.25) is 0 Å². The van der Waals surface area contributed by atoms with E-state index in [-0.39, 0.29) is 17.0 Å². The number of carbonyl (C=O) groups excluding carboxylic acids is 1. The van der Waals surface area contributed by atoms with E-state index in [1.54, 1.807) is 39.8 Å². The predicted molar refractivity (Wildman–Crippen MR) is 97.2 cm³/mol. The number of sulfonamides is 1. The molecule has 10 heteroatoms. The van der Waals surface area contributed by atoms with Crippen LogP contribution >= 0.6 is 0 Å². The van der Waals surface area contributed by atoms with Gasteiger partial charge < -0.3 is 23.7 Å². The first kappa shape index (κ1) is 19.4. The summed E-state index contributed by atoms with van der Waals surface area (Å²) in [6.07, 6.45) is -3.17. The molecule has 158 valence electrons. The van der Waals surface area contributed by atoms with Gasteiger partial charge in [0.15, 0.2) is 17.9 Å². The summed E-state index contributed by atoms with van der Waals surface area (Å²) in [6.45, 7) is 6.87. The van der Waals surface area contributed by atoms with Crippen LogP contribution in [-0.2, 0) is 33.7 Å². The molecule has 0 aliphatic carbocycles. The van der Waals surface area contributed by atoms with E-state index in [1.165, 1.54) is 12.1 Å². The number of amides is 1.